The maximum atomic E-state index is 12.4. The number of hydrogen-bond acceptors (Lipinski definition) is 13. The molecule has 0 aromatic rings. The lowest BCUT2D eigenvalue weighted by molar-refractivity contribution is -0.275. The SMILES string of the molecule is COCC(COC1OC(CNC(=O)CCCC(=O)NS)C(OC(C)=O)C(OC(C)=O)C1NC(C)=O)OC(C)=O. The van der Waals surface area contributed by atoms with E-state index in [1.807, 2.05) is 0 Å². The first kappa shape index (κ1) is 34.1. The molecule has 1 aliphatic heterocycles. The molecule has 0 aromatic heterocycles. The van der Waals surface area contributed by atoms with E-state index in [9.17, 15) is 28.8 Å². The van der Waals surface area contributed by atoms with Crippen LogP contribution in [0, 0.1) is 0 Å². The molecule has 222 valence electrons. The second-order valence-corrected chi connectivity index (χ2v) is 8.85. The van der Waals surface area contributed by atoms with Gasteiger partial charge in [-0.25, -0.2) is 0 Å². The fourth-order valence-corrected chi connectivity index (χ4v) is 3.88. The fraction of sp³-hybridized carbons (Fsp3) is 0.739. The Labute approximate surface area is 231 Å². The summed E-state index contributed by atoms with van der Waals surface area (Å²) in [5.41, 5.74) is 0. The van der Waals surface area contributed by atoms with Gasteiger partial charge in [0.15, 0.2) is 18.5 Å². The average Bonchev–Trinajstić information content (AvgIpc) is 2.83. The van der Waals surface area contributed by atoms with Crippen molar-refractivity contribution >= 4 is 48.4 Å². The summed E-state index contributed by atoms with van der Waals surface area (Å²) >= 11 is 3.65. The molecule has 3 amide bonds. The number of methoxy groups -OCH3 is 1. The van der Waals surface area contributed by atoms with Gasteiger partial charge in [-0.1, -0.05) is 12.8 Å². The first-order valence-corrected chi connectivity index (χ1v) is 12.6. The van der Waals surface area contributed by atoms with Crippen molar-refractivity contribution in [3.05, 3.63) is 0 Å². The predicted molar refractivity (Wildman–Crippen MR) is 135 cm³/mol. The van der Waals surface area contributed by atoms with Crippen LogP contribution < -0.4 is 15.4 Å². The summed E-state index contributed by atoms with van der Waals surface area (Å²) in [6.45, 7) is 4.26. The van der Waals surface area contributed by atoms with Crippen LogP contribution in [0.3, 0.4) is 0 Å². The number of esters is 3. The van der Waals surface area contributed by atoms with E-state index in [0.717, 1.165) is 13.8 Å². The molecule has 0 radical (unpaired) electrons. The molecule has 1 heterocycles. The topological polar surface area (TPSA) is 194 Å². The Morgan fingerprint density at radius 2 is 1.49 bits per heavy atom. The lowest BCUT2D eigenvalue weighted by atomic mass is 9.95. The van der Waals surface area contributed by atoms with Crippen molar-refractivity contribution in [2.24, 2.45) is 0 Å². The maximum absolute atomic E-state index is 12.4. The molecular weight excluding hydrogens is 542 g/mol. The Bertz CT molecular complexity index is 873. The third-order valence-corrected chi connectivity index (χ3v) is 5.43. The van der Waals surface area contributed by atoms with Crippen LogP contribution in [0.4, 0.5) is 0 Å². The van der Waals surface area contributed by atoms with Crippen LogP contribution in [0.5, 0.6) is 0 Å². The Morgan fingerprint density at radius 1 is 0.872 bits per heavy atom. The lowest BCUT2D eigenvalue weighted by Crippen LogP contribution is -2.67. The molecule has 0 aliphatic carbocycles. The molecule has 1 fully saturated rings. The fourth-order valence-electron chi connectivity index (χ4n) is 3.77. The molecule has 16 heteroatoms. The maximum Gasteiger partial charge on any atom is 0.303 e. The van der Waals surface area contributed by atoms with Gasteiger partial charge in [-0.3, -0.25) is 28.8 Å². The van der Waals surface area contributed by atoms with E-state index >= 15 is 0 Å². The number of hydrogen-bond donors (Lipinski definition) is 4. The van der Waals surface area contributed by atoms with Gasteiger partial charge in [0.05, 0.1) is 13.2 Å². The molecular formula is C23H37N3O12S. The first-order chi connectivity index (χ1) is 18.4. The number of ether oxygens (including phenoxy) is 6. The Balaban J connectivity index is 3.19. The molecule has 39 heavy (non-hydrogen) atoms. The number of amides is 3. The predicted octanol–water partition coefficient (Wildman–Crippen LogP) is -1.08. The Hall–Kier alpha value is -2.95. The minimum atomic E-state index is -1.29. The molecule has 1 rings (SSSR count). The standard InChI is InChI=1S/C23H37N3O12S/c1-12(27)25-20-22(37-15(4)30)21(36-14(3)29)17(9-24-18(31)7-6-8-19(32)26-39)38-23(20)34-11-16(10-33-5)35-13(2)28/h16-17,20-23,39H,6-11H2,1-5H3,(H,24,31)(H,25,27)(H,26,32). The molecule has 6 unspecified atom stereocenters. The first-order valence-electron chi connectivity index (χ1n) is 12.1. The minimum Gasteiger partial charge on any atom is -0.458 e. The van der Waals surface area contributed by atoms with Crippen LogP contribution in [0.1, 0.15) is 47.0 Å². The van der Waals surface area contributed by atoms with Crippen molar-refractivity contribution in [1.82, 2.24) is 15.4 Å². The summed E-state index contributed by atoms with van der Waals surface area (Å²) in [6.07, 6.45) is -5.39. The quantitative estimate of drug-likeness (QED) is 0.104. The average molecular weight is 580 g/mol. The van der Waals surface area contributed by atoms with E-state index in [0.29, 0.717) is 0 Å². The van der Waals surface area contributed by atoms with Crippen LogP contribution in [-0.2, 0) is 57.2 Å². The lowest BCUT2D eigenvalue weighted by Gasteiger charge is -2.45. The van der Waals surface area contributed by atoms with Crippen molar-refractivity contribution in [2.45, 2.75) is 83.7 Å². The molecule has 1 aliphatic rings. The number of thiol groups is 1. The highest BCUT2D eigenvalue weighted by molar-refractivity contribution is 7.78. The molecule has 6 atom stereocenters. The van der Waals surface area contributed by atoms with Crippen molar-refractivity contribution < 1.29 is 57.2 Å². The number of rotatable bonds is 15. The highest BCUT2D eigenvalue weighted by Gasteiger charge is 2.51. The molecule has 1 saturated heterocycles. The van der Waals surface area contributed by atoms with E-state index in [2.05, 4.69) is 28.2 Å². The number of carbonyl (C=O) groups excluding carboxylic acids is 6. The van der Waals surface area contributed by atoms with Crippen molar-refractivity contribution in [1.29, 1.82) is 0 Å². The molecule has 3 N–H and O–H groups in total. The zero-order chi connectivity index (χ0) is 29.5. The summed E-state index contributed by atoms with van der Waals surface area (Å²) in [5.74, 6) is -3.34. The van der Waals surface area contributed by atoms with E-state index in [1.165, 1.54) is 21.0 Å². The van der Waals surface area contributed by atoms with E-state index in [-0.39, 0.29) is 44.9 Å². The molecule has 0 saturated carbocycles. The highest BCUT2D eigenvalue weighted by atomic mass is 32.1. The van der Waals surface area contributed by atoms with E-state index in [1.54, 1.807) is 0 Å². The van der Waals surface area contributed by atoms with Gasteiger partial charge in [-0.15, -0.1) is 0 Å². The summed E-state index contributed by atoms with van der Waals surface area (Å²) < 4.78 is 35.0. The summed E-state index contributed by atoms with van der Waals surface area (Å²) in [5, 5.41) is 5.22. The largest absolute Gasteiger partial charge is 0.458 e. The van der Waals surface area contributed by atoms with Gasteiger partial charge in [-0.05, 0) is 6.42 Å². The van der Waals surface area contributed by atoms with Gasteiger partial charge < -0.3 is 43.8 Å². The number of carbonyl (C=O) groups is 6. The van der Waals surface area contributed by atoms with Crippen LogP contribution in [-0.4, -0.2) is 99.2 Å². The van der Waals surface area contributed by atoms with Gasteiger partial charge in [-0.2, -0.15) is 0 Å². The second kappa shape index (κ2) is 17.6. The Morgan fingerprint density at radius 3 is 2.03 bits per heavy atom. The van der Waals surface area contributed by atoms with Gasteiger partial charge in [0.25, 0.3) is 0 Å². The minimum absolute atomic E-state index is 0.00865. The van der Waals surface area contributed by atoms with Crippen LogP contribution >= 0.6 is 12.8 Å². The smallest absolute Gasteiger partial charge is 0.303 e. The van der Waals surface area contributed by atoms with Crippen molar-refractivity contribution in [3.8, 4) is 0 Å². The third kappa shape index (κ3) is 13.1. The van der Waals surface area contributed by atoms with E-state index < -0.39 is 66.5 Å². The van der Waals surface area contributed by atoms with Gasteiger partial charge in [0, 0.05) is 54.2 Å². The van der Waals surface area contributed by atoms with Crippen LogP contribution in [0.2, 0.25) is 0 Å². The highest BCUT2D eigenvalue weighted by Crippen LogP contribution is 2.27. The molecule has 0 aromatic carbocycles. The summed E-state index contributed by atoms with van der Waals surface area (Å²) in [7, 11) is 1.40. The summed E-state index contributed by atoms with van der Waals surface area (Å²) in [4.78, 5) is 71.1. The van der Waals surface area contributed by atoms with Gasteiger partial charge >= 0.3 is 17.9 Å². The zero-order valence-corrected chi connectivity index (χ0v) is 23.4. The van der Waals surface area contributed by atoms with Crippen molar-refractivity contribution in [2.75, 3.05) is 26.9 Å². The van der Waals surface area contributed by atoms with Gasteiger partial charge in [0.1, 0.15) is 18.2 Å². The monoisotopic (exact) mass is 579 g/mol. The molecule has 15 nitrogen and oxygen atoms in total. The number of nitrogens with one attached hydrogen (secondary N) is 3. The van der Waals surface area contributed by atoms with Crippen LogP contribution in [0.25, 0.3) is 0 Å². The van der Waals surface area contributed by atoms with E-state index in [4.69, 9.17) is 28.4 Å². The molecule has 0 bridgehead atoms. The normalized spacial score (nSPS) is 23.1. The Kier molecular flexibility index (Phi) is 15.4. The third-order valence-electron chi connectivity index (χ3n) is 5.18. The van der Waals surface area contributed by atoms with Crippen molar-refractivity contribution in [3.63, 3.8) is 0 Å². The second-order valence-electron chi connectivity index (χ2n) is 8.63. The van der Waals surface area contributed by atoms with Gasteiger partial charge in [0.2, 0.25) is 17.7 Å². The molecule has 0 spiro atoms. The zero-order valence-electron chi connectivity index (χ0n) is 22.6. The van der Waals surface area contributed by atoms with Crippen LogP contribution in [0.15, 0.2) is 0 Å². The summed E-state index contributed by atoms with van der Waals surface area (Å²) in [6, 6.07) is -1.15.